The zero-order chi connectivity index (χ0) is 6.57. The summed E-state index contributed by atoms with van der Waals surface area (Å²) in [6.07, 6.45) is 0.306. The Bertz CT molecular complexity index is 54.5. The first-order valence-electron chi connectivity index (χ1n) is 3.01. The van der Waals surface area contributed by atoms with Crippen molar-refractivity contribution >= 4 is 0 Å². The molecule has 0 aliphatic carbocycles. The summed E-state index contributed by atoms with van der Waals surface area (Å²) in [4.78, 5) is 5.05. The van der Waals surface area contributed by atoms with E-state index in [0.717, 1.165) is 0 Å². The van der Waals surface area contributed by atoms with Gasteiger partial charge in [-0.05, 0) is 12.8 Å². The summed E-state index contributed by atoms with van der Waals surface area (Å²) in [6, 6.07) is 0. The highest BCUT2D eigenvalue weighted by Gasteiger charge is 2.04. The summed E-state index contributed by atoms with van der Waals surface area (Å²) in [7, 11) is 1.78. The molecule has 0 amide bonds. The van der Waals surface area contributed by atoms with Crippen LogP contribution in [0.2, 0.25) is 0 Å². The van der Waals surface area contributed by atoms with Gasteiger partial charge in [-0.25, -0.2) is 5.48 Å². The van der Waals surface area contributed by atoms with Gasteiger partial charge in [0.05, 0.1) is 6.10 Å². The van der Waals surface area contributed by atoms with E-state index in [2.05, 4.69) is 19.3 Å². The second-order valence-electron chi connectivity index (χ2n) is 2.27. The maximum Gasteiger partial charge on any atom is 0.0784 e. The largest absolute Gasteiger partial charge is 0.299 e. The topological polar surface area (TPSA) is 21.3 Å². The van der Waals surface area contributed by atoms with E-state index < -0.39 is 0 Å². The van der Waals surface area contributed by atoms with Crippen LogP contribution in [-0.4, -0.2) is 13.2 Å². The van der Waals surface area contributed by atoms with Gasteiger partial charge >= 0.3 is 0 Å². The van der Waals surface area contributed by atoms with Crippen LogP contribution in [-0.2, 0) is 4.84 Å². The second kappa shape index (κ2) is 3.87. The second-order valence-corrected chi connectivity index (χ2v) is 2.27. The molecule has 0 fully saturated rings. The molecule has 0 radical (unpaired) electrons. The average Bonchev–Trinajstić information content (AvgIpc) is 1.67. The molecule has 2 nitrogen and oxygen atoms in total. The summed E-state index contributed by atoms with van der Waals surface area (Å²) in [5.74, 6) is 0.586. The fourth-order valence-electron chi connectivity index (χ4n) is 0.322. The van der Waals surface area contributed by atoms with Gasteiger partial charge in [-0.3, -0.25) is 4.84 Å². The Balaban J connectivity index is 3.17. The van der Waals surface area contributed by atoms with E-state index in [1.165, 1.54) is 0 Å². The Morgan fingerprint density at radius 1 is 1.25 bits per heavy atom. The molecule has 0 aromatic carbocycles. The van der Waals surface area contributed by atoms with Crippen molar-refractivity contribution < 1.29 is 4.84 Å². The van der Waals surface area contributed by atoms with Crippen LogP contribution in [0.1, 0.15) is 20.8 Å². The van der Waals surface area contributed by atoms with Crippen molar-refractivity contribution in [3.63, 3.8) is 0 Å². The van der Waals surface area contributed by atoms with Gasteiger partial charge in [0, 0.05) is 7.05 Å². The molecule has 1 atom stereocenters. The first kappa shape index (κ1) is 7.92. The van der Waals surface area contributed by atoms with Crippen molar-refractivity contribution in [3.05, 3.63) is 0 Å². The first-order valence-corrected chi connectivity index (χ1v) is 3.01. The molecular formula is C6H15NO. The quantitative estimate of drug-likeness (QED) is 0.560. The Morgan fingerprint density at radius 2 is 1.75 bits per heavy atom. The van der Waals surface area contributed by atoms with Crippen LogP contribution in [0.5, 0.6) is 0 Å². The van der Waals surface area contributed by atoms with E-state index in [4.69, 9.17) is 4.84 Å². The Kier molecular flexibility index (Phi) is 3.83. The molecule has 2 heteroatoms. The molecule has 0 heterocycles. The molecule has 0 aromatic rings. The van der Waals surface area contributed by atoms with Gasteiger partial charge < -0.3 is 0 Å². The van der Waals surface area contributed by atoms with E-state index in [1.54, 1.807) is 7.05 Å². The zero-order valence-corrected chi connectivity index (χ0v) is 6.06. The van der Waals surface area contributed by atoms with E-state index in [-0.39, 0.29) is 0 Å². The van der Waals surface area contributed by atoms with Gasteiger partial charge in [-0.2, -0.15) is 0 Å². The van der Waals surface area contributed by atoms with Crippen LogP contribution in [0.15, 0.2) is 0 Å². The summed E-state index contributed by atoms with van der Waals surface area (Å²) in [6.45, 7) is 6.30. The van der Waals surface area contributed by atoms with Crippen LogP contribution in [0.4, 0.5) is 0 Å². The van der Waals surface area contributed by atoms with Gasteiger partial charge in [0.15, 0.2) is 0 Å². The smallest absolute Gasteiger partial charge is 0.0784 e. The third kappa shape index (κ3) is 2.99. The number of hydroxylamine groups is 1. The maximum absolute atomic E-state index is 5.05. The molecule has 8 heavy (non-hydrogen) atoms. The van der Waals surface area contributed by atoms with Crippen molar-refractivity contribution in [2.24, 2.45) is 5.92 Å². The number of rotatable bonds is 3. The highest BCUT2D eigenvalue weighted by molar-refractivity contribution is 4.51. The lowest BCUT2D eigenvalue weighted by Crippen LogP contribution is -2.22. The van der Waals surface area contributed by atoms with Crippen molar-refractivity contribution in [2.75, 3.05) is 7.05 Å². The average molecular weight is 117 g/mol. The lowest BCUT2D eigenvalue weighted by molar-refractivity contribution is -0.0253. The van der Waals surface area contributed by atoms with Crippen LogP contribution in [0.3, 0.4) is 0 Å². The van der Waals surface area contributed by atoms with Crippen LogP contribution in [0.25, 0.3) is 0 Å². The summed E-state index contributed by atoms with van der Waals surface area (Å²) in [5, 5.41) is 0. The molecule has 0 bridgehead atoms. The van der Waals surface area contributed by atoms with Crippen LogP contribution < -0.4 is 5.48 Å². The van der Waals surface area contributed by atoms with Gasteiger partial charge in [0.1, 0.15) is 0 Å². The highest BCUT2D eigenvalue weighted by atomic mass is 16.7. The minimum absolute atomic E-state index is 0.306. The molecule has 0 aliphatic rings. The van der Waals surface area contributed by atoms with Gasteiger partial charge in [-0.15, -0.1) is 0 Å². The number of hydrogen-bond donors (Lipinski definition) is 1. The Labute approximate surface area is 51.2 Å². The lowest BCUT2D eigenvalue weighted by Gasteiger charge is -2.13. The van der Waals surface area contributed by atoms with Crippen molar-refractivity contribution in [3.8, 4) is 0 Å². The van der Waals surface area contributed by atoms with Crippen molar-refractivity contribution in [2.45, 2.75) is 26.9 Å². The molecule has 0 spiro atoms. The Hall–Kier alpha value is -0.0800. The standard InChI is InChI=1S/C6H15NO/c1-5(2)6(3)8-7-4/h5-7H,1-4H3. The SMILES string of the molecule is CNOC(C)C(C)C. The molecule has 1 unspecified atom stereocenters. The zero-order valence-electron chi connectivity index (χ0n) is 6.06. The highest BCUT2D eigenvalue weighted by Crippen LogP contribution is 2.01. The minimum Gasteiger partial charge on any atom is -0.299 e. The maximum atomic E-state index is 5.05. The molecule has 0 saturated carbocycles. The normalized spacial score (nSPS) is 14.6. The fraction of sp³-hybridized carbons (Fsp3) is 1.00. The molecule has 50 valence electrons. The summed E-state index contributed by atoms with van der Waals surface area (Å²) in [5.41, 5.74) is 2.65. The van der Waals surface area contributed by atoms with Gasteiger partial charge in [-0.1, -0.05) is 13.8 Å². The number of hydrogen-bond acceptors (Lipinski definition) is 2. The predicted octanol–water partition coefficient (Wildman–Crippen LogP) is 1.18. The van der Waals surface area contributed by atoms with E-state index >= 15 is 0 Å². The van der Waals surface area contributed by atoms with E-state index in [1.807, 2.05) is 6.92 Å². The Morgan fingerprint density at radius 3 is 1.88 bits per heavy atom. The molecule has 0 rings (SSSR count). The molecule has 0 saturated heterocycles. The van der Waals surface area contributed by atoms with Crippen LogP contribution >= 0.6 is 0 Å². The molecule has 0 aromatic heterocycles. The molecular weight excluding hydrogens is 102 g/mol. The summed E-state index contributed by atoms with van der Waals surface area (Å²) < 4.78 is 0. The number of nitrogens with one attached hydrogen (secondary N) is 1. The van der Waals surface area contributed by atoms with Crippen molar-refractivity contribution in [1.29, 1.82) is 0 Å². The molecule has 0 aliphatic heterocycles. The lowest BCUT2D eigenvalue weighted by atomic mass is 10.1. The van der Waals surface area contributed by atoms with Crippen molar-refractivity contribution in [1.82, 2.24) is 5.48 Å². The summed E-state index contributed by atoms with van der Waals surface area (Å²) >= 11 is 0. The predicted molar refractivity (Wildman–Crippen MR) is 34.4 cm³/mol. The van der Waals surface area contributed by atoms with E-state index in [0.29, 0.717) is 12.0 Å². The van der Waals surface area contributed by atoms with Crippen LogP contribution in [0, 0.1) is 5.92 Å². The van der Waals surface area contributed by atoms with Gasteiger partial charge in [0.2, 0.25) is 0 Å². The molecule has 1 N–H and O–H groups in total. The van der Waals surface area contributed by atoms with E-state index in [9.17, 15) is 0 Å². The minimum atomic E-state index is 0.306. The fourth-order valence-corrected chi connectivity index (χ4v) is 0.322. The third-order valence-corrected chi connectivity index (χ3v) is 1.24. The monoisotopic (exact) mass is 117 g/mol. The first-order chi connectivity index (χ1) is 3.68. The third-order valence-electron chi connectivity index (χ3n) is 1.24. The van der Waals surface area contributed by atoms with Gasteiger partial charge in [0.25, 0.3) is 0 Å².